The van der Waals surface area contributed by atoms with E-state index in [-0.39, 0.29) is 17.5 Å². The molecule has 0 amide bonds. The van der Waals surface area contributed by atoms with Gasteiger partial charge in [0, 0.05) is 0 Å². The normalized spacial score (nSPS) is 11.8. The third-order valence-electron chi connectivity index (χ3n) is 24.2. The third-order valence-corrected chi connectivity index (χ3v) is 24.2. The van der Waals surface area contributed by atoms with E-state index in [1.165, 1.54) is 559 Å². The summed E-state index contributed by atoms with van der Waals surface area (Å²) in [6.45, 7) is 9.93. The number of carbonyl (C=O) groups is 1. The second-order valence-electron chi connectivity index (χ2n) is 34.4. The van der Waals surface area contributed by atoms with Crippen LogP contribution in [0.1, 0.15) is 612 Å². The Morgan fingerprint density at radius 1 is 0.158 bits per heavy atom. The quantitative estimate of drug-likeness (QED) is 0.0488. The molecule has 0 aliphatic rings. The average molecular weight is 1420 g/mol. The Labute approximate surface area is 642 Å². The molecule has 0 aromatic rings. The van der Waals surface area contributed by atoms with Crippen LogP contribution in [0.5, 0.6) is 0 Å². The minimum atomic E-state index is -0.262. The van der Waals surface area contributed by atoms with Crippen molar-refractivity contribution in [2.24, 2.45) is 5.41 Å². The molecular weight excluding hydrogens is 1220 g/mol. The maximum atomic E-state index is 14.8. The molecule has 0 bridgehead atoms. The number of carbonyl (C=O) groups excluding carboxylic acids is 1. The molecule has 0 saturated heterocycles. The lowest BCUT2D eigenvalue weighted by atomic mass is 9.74. The fourth-order valence-electron chi connectivity index (χ4n) is 16.9. The van der Waals surface area contributed by atoms with Crippen molar-refractivity contribution >= 4 is 5.97 Å². The van der Waals surface area contributed by atoms with Crippen LogP contribution in [0.25, 0.3) is 0 Å². The predicted molar refractivity (Wildman–Crippen MR) is 461 cm³/mol. The highest BCUT2D eigenvalue weighted by molar-refractivity contribution is 5.76. The van der Waals surface area contributed by atoms with Crippen molar-refractivity contribution in [2.75, 3.05) is 6.61 Å². The average Bonchev–Trinajstić information content (AvgIpc) is 0.843. The molecule has 0 aliphatic carbocycles. The van der Waals surface area contributed by atoms with Crippen molar-refractivity contribution in [3.63, 3.8) is 0 Å². The van der Waals surface area contributed by atoms with E-state index in [1.807, 2.05) is 0 Å². The van der Waals surface area contributed by atoms with Gasteiger partial charge in [-0.2, -0.15) is 0 Å². The number of hydrogen-bond donors (Lipinski definition) is 1. The smallest absolute Gasteiger partial charge is 0.312 e. The molecule has 0 rings (SSSR count). The summed E-state index contributed by atoms with van der Waals surface area (Å²) in [7, 11) is 0. The highest BCUT2D eigenvalue weighted by Crippen LogP contribution is 2.40. The molecule has 0 heterocycles. The van der Waals surface area contributed by atoms with E-state index in [4.69, 9.17) is 4.74 Å². The first-order valence-electron chi connectivity index (χ1n) is 48.8. The third kappa shape index (κ3) is 84.9. The van der Waals surface area contributed by atoms with Crippen molar-refractivity contribution in [2.45, 2.75) is 612 Å². The molecule has 608 valence electrons. The standard InChI is InChI=1S/C98H196O2.H3N/c1-5-9-13-17-21-25-29-33-37-41-45-49-53-57-61-65-69-73-77-81-85-89-93-98(94-90-86-82-78-74-70-66-62-58-54-50-46-42-38-34-30-26-22-18-14-10-6-2,95-91-87-83-79-75-71-67-63-59-55-51-47-43-39-35-31-27-23-19-15-11-7-3)97(99)100-96-92-88-84-80-76-72-68-64-60-56-52-48-44-40-36-32-28-24-20-16-12-8-4;/h5-96H2,1-4H3;1H3. The second kappa shape index (κ2) is 93.6. The molecule has 0 fully saturated rings. The largest absolute Gasteiger partial charge is 0.465 e. The van der Waals surface area contributed by atoms with Crippen LogP contribution in [0.3, 0.4) is 0 Å². The number of ether oxygens (including phenoxy) is 1. The number of esters is 1. The summed E-state index contributed by atoms with van der Waals surface area (Å²) in [5.74, 6) is 0.214. The predicted octanol–water partition coefficient (Wildman–Crippen LogP) is 37.3. The first kappa shape index (κ1) is 102. The van der Waals surface area contributed by atoms with Gasteiger partial charge in [0.25, 0.3) is 0 Å². The van der Waals surface area contributed by atoms with Crippen LogP contribution in [-0.4, -0.2) is 12.6 Å². The van der Waals surface area contributed by atoms with Crippen molar-refractivity contribution in [1.29, 1.82) is 0 Å². The topological polar surface area (TPSA) is 61.3 Å². The molecule has 0 spiro atoms. The molecule has 0 aliphatic heterocycles. The monoisotopic (exact) mass is 1420 g/mol. The summed E-state index contributed by atoms with van der Waals surface area (Å²) in [4.78, 5) is 14.8. The number of rotatable bonds is 93. The second-order valence-corrected chi connectivity index (χ2v) is 34.4. The van der Waals surface area contributed by atoms with Gasteiger partial charge in [0.1, 0.15) is 0 Å². The summed E-state index contributed by atoms with van der Waals surface area (Å²) in [5.41, 5.74) is -0.262. The molecule has 101 heavy (non-hydrogen) atoms. The van der Waals surface area contributed by atoms with Crippen LogP contribution in [0.4, 0.5) is 0 Å². The Morgan fingerprint density at radius 3 is 0.376 bits per heavy atom. The molecule has 0 saturated carbocycles. The minimum Gasteiger partial charge on any atom is -0.465 e. The maximum absolute atomic E-state index is 14.8. The van der Waals surface area contributed by atoms with Gasteiger partial charge in [-0.1, -0.05) is 586 Å². The highest BCUT2D eigenvalue weighted by atomic mass is 16.5. The highest BCUT2D eigenvalue weighted by Gasteiger charge is 2.38. The van der Waals surface area contributed by atoms with E-state index >= 15 is 0 Å². The van der Waals surface area contributed by atoms with Gasteiger partial charge < -0.3 is 10.9 Å². The molecule has 3 N–H and O–H groups in total. The van der Waals surface area contributed by atoms with Crippen LogP contribution >= 0.6 is 0 Å². The molecule has 3 heteroatoms. The summed E-state index contributed by atoms with van der Waals surface area (Å²) >= 11 is 0. The Bertz CT molecular complexity index is 1310. The zero-order chi connectivity index (χ0) is 71.8. The van der Waals surface area contributed by atoms with Gasteiger partial charge in [-0.25, -0.2) is 0 Å². The maximum Gasteiger partial charge on any atom is 0.312 e. The fraction of sp³-hybridized carbons (Fsp3) is 0.990. The Kier molecular flexibility index (Phi) is 95.0. The van der Waals surface area contributed by atoms with E-state index < -0.39 is 0 Å². The van der Waals surface area contributed by atoms with Gasteiger partial charge in [0.2, 0.25) is 0 Å². The number of hydrogen-bond acceptors (Lipinski definition) is 3. The van der Waals surface area contributed by atoms with Crippen molar-refractivity contribution in [3.8, 4) is 0 Å². The molecule has 0 aromatic heterocycles. The first-order chi connectivity index (χ1) is 49.7. The fourth-order valence-corrected chi connectivity index (χ4v) is 16.9. The number of unbranched alkanes of at least 4 members (excludes halogenated alkanes) is 84. The van der Waals surface area contributed by atoms with Gasteiger partial charge in [-0.3, -0.25) is 4.79 Å². The minimum absolute atomic E-state index is 0. The zero-order valence-electron chi connectivity index (χ0n) is 71.6. The molecule has 3 nitrogen and oxygen atoms in total. The van der Waals surface area contributed by atoms with Crippen molar-refractivity contribution < 1.29 is 9.53 Å². The van der Waals surface area contributed by atoms with Crippen molar-refractivity contribution in [1.82, 2.24) is 6.15 Å². The molecule has 0 unspecified atom stereocenters. The van der Waals surface area contributed by atoms with Crippen LogP contribution in [-0.2, 0) is 9.53 Å². The van der Waals surface area contributed by atoms with E-state index in [9.17, 15) is 4.79 Å². The lowest BCUT2D eigenvalue weighted by Crippen LogP contribution is -2.34. The Balaban J connectivity index is 0. The van der Waals surface area contributed by atoms with Crippen LogP contribution in [0, 0.1) is 5.41 Å². The molecular formula is C98H199NO2. The SMILES string of the molecule is CCCCCCCCCCCCCCCCCCCCCCCCOC(=O)C(CCCCCCCCCCCCCCCCCCCCCCCC)(CCCCCCCCCCCCCCCCCCCCCCCC)CCCCCCCCCCCCCCCCCCCCCCCC.N. The van der Waals surface area contributed by atoms with Crippen LogP contribution in [0.2, 0.25) is 0 Å². The summed E-state index contributed by atoms with van der Waals surface area (Å²) in [6, 6.07) is 0. The Morgan fingerprint density at radius 2 is 0.257 bits per heavy atom. The van der Waals surface area contributed by atoms with E-state index in [2.05, 4.69) is 27.7 Å². The van der Waals surface area contributed by atoms with Gasteiger partial charge in [0.15, 0.2) is 0 Å². The Hall–Kier alpha value is -0.570. The van der Waals surface area contributed by atoms with Gasteiger partial charge in [-0.15, -0.1) is 0 Å². The lowest BCUT2D eigenvalue weighted by Gasteiger charge is -2.32. The molecule has 0 aromatic carbocycles. The molecule has 0 atom stereocenters. The van der Waals surface area contributed by atoms with E-state index in [1.54, 1.807) is 0 Å². The lowest BCUT2D eigenvalue weighted by molar-refractivity contribution is -0.158. The summed E-state index contributed by atoms with van der Waals surface area (Å²) < 4.78 is 6.51. The zero-order valence-corrected chi connectivity index (χ0v) is 71.6. The molecule has 0 radical (unpaired) electrons. The van der Waals surface area contributed by atoms with Gasteiger partial charge in [0.05, 0.1) is 12.0 Å². The van der Waals surface area contributed by atoms with E-state index in [0.29, 0.717) is 6.61 Å². The van der Waals surface area contributed by atoms with E-state index in [0.717, 1.165) is 25.7 Å². The summed E-state index contributed by atoms with van der Waals surface area (Å²) in [6.07, 6.45) is 128. The van der Waals surface area contributed by atoms with Gasteiger partial charge in [-0.05, 0) is 25.7 Å². The van der Waals surface area contributed by atoms with Crippen molar-refractivity contribution in [3.05, 3.63) is 0 Å². The summed E-state index contributed by atoms with van der Waals surface area (Å²) in [5, 5.41) is 0. The van der Waals surface area contributed by atoms with Crippen LogP contribution in [0.15, 0.2) is 0 Å². The first-order valence-corrected chi connectivity index (χ1v) is 48.8. The van der Waals surface area contributed by atoms with Crippen LogP contribution < -0.4 is 6.15 Å². The van der Waals surface area contributed by atoms with Gasteiger partial charge >= 0.3 is 5.97 Å².